The van der Waals surface area contributed by atoms with Crippen molar-refractivity contribution in [3.8, 4) is 0 Å². The van der Waals surface area contributed by atoms with E-state index in [-0.39, 0.29) is 0 Å². The van der Waals surface area contributed by atoms with Gasteiger partial charge in [0.25, 0.3) is 0 Å². The van der Waals surface area contributed by atoms with Crippen LogP contribution in [-0.4, -0.2) is 37.3 Å². The lowest BCUT2D eigenvalue weighted by Gasteiger charge is -2.17. The van der Waals surface area contributed by atoms with Crippen LogP contribution in [0, 0.1) is 11.8 Å². The first kappa shape index (κ1) is 15.9. The molecule has 3 atom stereocenters. The van der Waals surface area contributed by atoms with E-state index < -0.39 is 12.7 Å². The smallest absolute Gasteiger partial charge is 0.401 e. The Hall–Kier alpha value is -1.01. The van der Waals surface area contributed by atoms with Crippen molar-refractivity contribution in [3.05, 3.63) is 23.7 Å². The Bertz CT molecular complexity index is 500. The van der Waals surface area contributed by atoms with Gasteiger partial charge in [0.05, 0.1) is 13.1 Å². The van der Waals surface area contributed by atoms with Crippen LogP contribution in [0.3, 0.4) is 0 Å². The molecule has 1 aromatic rings. The first-order valence-electron chi connectivity index (χ1n) is 7.99. The maximum atomic E-state index is 12.3. The highest BCUT2D eigenvalue weighted by Crippen LogP contribution is 2.47. The maximum Gasteiger partial charge on any atom is 0.401 e. The standard InChI is InChI=1S/C16H23F3N2O/c1-11-6-14(11)15-3-2-13(22-15)8-20-7-12-4-5-21(9-12)10-16(17,18)19/h2-3,11-12,14,20H,4-10H2,1H3. The van der Waals surface area contributed by atoms with Gasteiger partial charge in [-0.2, -0.15) is 13.2 Å². The molecule has 1 aromatic heterocycles. The average molecular weight is 316 g/mol. The third-order valence-electron chi connectivity index (χ3n) is 4.66. The third kappa shape index (κ3) is 4.26. The second-order valence-corrected chi connectivity index (χ2v) is 6.76. The molecule has 2 heterocycles. The van der Waals surface area contributed by atoms with Crippen LogP contribution in [0.5, 0.6) is 0 Å². The monoisotopic (exact) mass is 316 g/mol. The summed E-state index contributed by atoms with van der Waals surface area (Å²) < 4.78 is 42.8. The van der Waals surface area contributed by atoms with Gasteiger partial charge in [0, 0.05) is 12.5 Å². The Balaban J connectivity index is 1.36. The van der Waals surface area contributed by atoms with Crippen molar-refractivity contribution >= 4 is 0 Å². The van der Waals surface area contributed by atoms with Crippen molar-refractivity contribution < 1.29 is 17.6 Å². The number of rotatable bonds is 6. The van der Waals surface area contributed by atoms with Crippen molar-refractivity contribution in [2.45, 2.75) is 38.4 Å². The van der Waals surface area contributed by atoms with E-state index >= 15 is 0 Å². The van der Waals surface area contributed by atoms with Gasteiger partial charge in [-0.1, -0.05) is 6.92 Å². The zero-order valence-corrected chi connectivity index (χ0v) is 12.8. The molecule has 3 unspecified atom stereocenters. The fraction of sp³-hybridized carbons (Fsp3) is 0.750. The normalized spacial score (nSPS) is 29.2. The third-order valence-corrected chi connectivity index (χ3v) is 4.66. The van der Waals surface area contributed by atoms with Crippen LogP contribution in [0.1, 0.15) is 37.2 Å². The summed E-state index contributed by atoms with van der Waals surface area (Å²) in [5.41, 5.74) is 0. The molecule has 2 fully saturated rings. The number of alkyl halides is 3. The summed E-state index contributed by atoms with van der Waals surface area (Å²) in [6.45, 7) is 3.88. The number of likely N-dealkylation sites (tertiary alicyclic amines) is 1. The highest BCUT2D eigenvalue weighted by Gasteiger charge is 2.36. The van der Waals surface area contributed by atoms with Crippen molar-refractivity contribution in [2.75, 3.05) is 26.2 Å². The summed E-state index contributed by atoms with van der Waals surface area (Å²) in [6, 6.07) is 4.05. The first-order chi connectivity index (χ1) is 10.4. The van der Waals surface area contributed by atoms with E-state index in [1.54, 1.807) is 0 Å². The molecule has 0 amide bonds. The van der Waals surface area contributed by atoms with Gasteiger partial charge >= 0.3 is 6.18 Å². The first-order valence-corrected chi connectivity index (χ1v) is 7.99. The van der Waals surface area contributed by atoms with E-state index in [1.807, 2.05) is 12.1 Å². The van der Waals surface area contributed by atoms with Crippen LogP contribution in [0.25, 0.3) is 0 Å². The predicted octanol–water partition coefficient (Wildman–Crippen LogP) is 3.38. The largest absolute Gasteiger partial charge is 0.464 e. The topological polar surface area (TPSA) is 28.4 Å². The fourth-order valence-electron chi connectivity index (χ4n) is 3.28. The number of furan rings is 1. The number of nitrogens with one attached hydrogen (secondary N) is 1. The zero-order chi connectivity index (χ0) is 15.7. The predicted molar refractivity (Wildman–Crippen MR) is 77.5 cm³/mol. The Morgan fingerprint density at radius 2 is 2.14 bits per heavy atom. The quantitative estimate of drug-likeness (QED) is 0.872. The van der Waals surface area contributed by atoms with Crippen LogP contribution < -0.4 is 5.32 Å². The molecule has 0 bridgehead atoms. The summed E-state index contributed by atoms with van der Waals surface area (Å²) in [6.07, 6.45) is -2.06. The lowest BCUT2D eigenvalue weighted by molar-refractivity contribution is -0.143. The number of halogens is 3. The van der Waals surface area contributed by atoms with Gasteiger partial charge in [0.2, 0.25) is 0 Å². The van der Waals surface area contributed by atoms with E-state index in [9.17, 15) is 13.2 Å². The lowest BCUT2D eigenvalue weighted by Crippen LogP contribution is -2.33. The van der Waals surface area contributed by atoms with Gasteiger partial charge in [-0.25, -0.2) is 0 Å². The zero-order valence-electron chi connectivity index (χ0n) is 12.8. The summed E-state index contributed by atoms with van der Waals surface area (Å²) in [5, 5.41) is 3.31. The Labute approximate surface area is 128 Å². The Kier molecular flexibility index (Phi) is 4.50. The van der Waals surface area contributed by atoms with Gasteiger partial charge in [-0.05, 0) is 49.9 Å². The highest BCUT2D eigenvalue weighted by atomic mass is 19.4. The van der Waals surface area contributed by atoms with Gasteiger partial charge in [0.1, 0.15) is 11.5 Å². The van der Waals surface area contributed by atoms with Crippen molar-refractivity contribution in [2.24, 2.45) is 11.8 Å². The molecule has 1 N–H and O–H groups in total. The molecular weight excluding hydrogens is 293 g/mol. The summed E-state index contributed by atoms with van der Waals surface area (Å²) in [7, 11) is 0. The van der Waals surface area contributed by atoms with E-state index in [0.29, 0.717) is 31.5 Å². The van der Waals surface area contributed by atoms with E-state index in [1.165, 1.54) is 11.3 Å². The summed E-state index contributed by atoms with van der Waals surface area (Å²) in [5.74, 6) is 3.59. The van der Waals surface area contributed by atoms with Crippen LogP contribution in [0.2, 0.25) is 0 Å². The second-order valence-electron chi connectivity index (χ2n) is 6.76. The number of nitrogens with zero attached hydrogens (tertiary/aromatic N) is 1. The molecule has 1 saturated heterocycles. The average Bonchev–Trinajstić information content (AvgIpc) is 2.85. The SMILES string of the molecule is CC1CC1c1ccc(CNCC2CCN(CC(F)(F)F)C2)o1. The molecule has 22 heavy (non-hydrogen) atoms. The molecule has 2 aliphatic rings. The molecule has 3 nitrogen and oxygen atoms in total. The number of hydrogen-bond donors (Lipinski definition) is 1. The van der Waals surface area contributed by atoms with E-state index in [4.69, 9.17) is 4.42 Å². The molecule has 3 rings (SSSR count). The van der Waals surface area contributed by atoms with Crippen LogP contribution in [0.4, 0.5) is 13.2 Å². The fourth-order valence-corrected chi connectivity index (χ4v) is 3.28. The minimum absolute atomic E-state index is 0.292. The highest BCUT2D eigenvalue weighted by molar-refractivity contribution is 5.17. The Morgan fingerprint density at radius 1 is 1.36 bits per heavy atom. The van der Waals surface area contributed by atoms with Crippen molar-refractivity contribution in [3.63, 3.8) is 0 Å². The molecule has 6 heteroatoms. The van der Waals surface area contributed by atoms with Crippen LogP contribution in [-0.2, 0) is 6.54 Å². The van der Waals surface area contributed by atoms with E-state index in [0.717, 1.165) is 30.4 Å². The summed E-state index contributed by atoms with van der Waals surface area (Å²) in [4.78, 5) is 1.49. The van der Waals surface area contributed by atoms with Crippen LogP contribution >= 0.6 is 0 Å². The molecule has 1 aliphatic carbocycles. The maximum absolute atomic E-state index is 12.3. The lowest BCUT2D eigenvalue weighted by atomic mass is 10.1. The van der Waals surface area contributed by atoms with Gasteiger partial charge < -0.3 is 9.73 Å². The molecule has 1 saturated carbocycles. The minimum Gasteiger partial charge on any atom is -0.464 e. The number of hydrogen-bond acceptors (Lipinski definition) is 3. The Morgan fingerprint density at radius 3 is 2.82 bits per heavy atom. The molecule has 0 aromatic carbocycles. The van der Waals surface area contributed by atoms with Gasteiger partial charge in [0.15, 0.2) is 0 Å². The summed E-state index contributed by atoms with van der Waals surface area (Å²) >= 11 is 0. The van der Waals surface area contributed by atoms with Crippen LogP contribution in [0.15, 0.2) is 16.5 Å². The van der Waals surface area contributed by atoms with E-state index in [2.05, 4.69) is 12.2 Å². The van der Waals surface area contributed by atoms with Gasteiger partial charge in [-0.15, -0.1) is 0 Å². The van der Waals surface area contributed by atoms with Gasteiger partial charge in [-0.3, -0.25) is 4.90 Å². The molecular formula is C16H23F3N2O. The van der Waals surface area contributed by atoms with Crippen molar-refractivity contribution in [1.29, 1.82) is 0 Å². The molecule has 0 radical (unpaired) electrons. The minimum atomic E-state index is -4.09. The molecule has 124 valence electrons. The van der Waals surface area contributed by atoms with Crippen molar-refractivity contribution in [1.82, 2.24) is 10.2 Å². The molecule has 0 spiro atoms. The molecule has 1 aliphatic heterocycles. The second kappa shape index (κ2) is 6.24.